The van der Waals surface area contributed by atoms with E-state index < -0.39 is 11.8 Å². The summed E-state index contributed by atoms with van der Waals surface area (Å²) < 4.78 is 18.4. The van der Waals surface area contributed by atoms with Crippen molar-refractivity contribution in [3.8, 4) is 0 Å². The molecule has 3 rings (SSSR count). The second-order valence-electron chi connectivity index (χ2n) is 5.54. The molecule has 0 radical (unpaired) electrons. The minimum atomic E-state index is -0.767. The number of aliphatic imine (C=N–C) groups is 1. The van der Waals surface area contributed by atoms with Crippen LogP contribution in [0.1, 0.15) is 11.5 Å². The molecule has 0 unspecified atom stereocenters. The molecule has 3 aromatic rings. The van der Waals surface area contributed by atoms with Gasteiger partial charge in [0.25, 0.3) is 0 Å². The summed E-state index contributed by atoms with van der Waals surface area (Å²) in [5.74, 6) is -0.919. The van der Waals surface area contributed by atoms with Crippen molar-refractivity contribution in [2.75, 3.05) is 5.32 Å². The number of hydrogen-bond donors (Lipinski definition) is 2. The number of nitrogens with one attached hydrogen (secondary N) is 2. The van der Waals surface area contributed by atoms with E-state index in [1.807, 2.05) is 6.07 Å². The largest absolute Gasteiger partial charge is 0.458 e. The van der Waals surface area contributed by atoms with Crippen LogP contribution in [-0.2, 0) is 16.1 Å². The van der Waals surface area contributed by atoms with Gasteiger partial charge in [0, 0.05) is 5.69 Å². The molecule has 1 heterocycles. The molecule has 0 aliphatic carbocycles. The van der Waals surface area contributed by atoms with Crippen LogP contribution >= 0.6 is 0 Å². The van der Waals surface area contributed by atoms with Gasteiger partial charge >= 0.3 is 11.8 Å². The maximum absolute atomic E-state index is 12.8. The van der Waals surface area contributed by atoms with Crippen molar-refractivity contribution in [1.82, 2.24) is 5.32 Å². The summed E-state index contributed by atoms with van der Waals surface area (Å²) in [5.41, 5.74) is 1.12. The lowest BCUT2D eigenvalue weighted by Crippen LogP contribution is -2.34. The lowest BCUT2D eigenvalue weighted by molar-refractivity contribution is -0.136. The van der Waals surface area contributed by atoms with Crippen LogP contribution < -0.4 is 10.6 Å². The summed E-state index contributed by atoms with van der Waals surface area (Å²) in [6.45, 7) is 0.0609. The number of nitrogens with zero attached hydrogens (tertiary/aromatic N) is 1. The fourth-order valence-electron chi connectivity index (χ4n) is 2.18. The van der Waals surface area contributed by atoms with Gasteiger partial charge in [-0.3, -0.25) is 14.6 Å². The van der Waals surface area contributed by atoms with Gasteiger partial charge in [0.15, 0.2) is 0 Å². The Morgan fingerprint density at radius 2 is 1.70 bits per heavy atom. The van der Waals surface area contributed by atoms with Gasteiger partial charge in [-0.15, -0.1) is 0 Å². The third-order valence-electron chi connectivity index (χ3n) is 3.51. The molecular weight excluding hydrogens is 349 g/mol. The van der Waals surface area contributed by atoms with Crippen LogP contribution in [0.3, 0.4) is 0 Å². The van der Waals surface area contributed by atoms with Gasteiger partial charge in [-0.1, -0.05) is 18.2 Å². The molecule has 1 aromatic heterocycles. The van der Waals surface area contributed by atoms with Crippen LogP contribution in [0.15, 0.2) is 76.1 Å². The third kappa shape index (κ3) is 5.37. The van der Waals surface area contributed by atoms with Gasteiger partial charge in [-0.05, 0) is 48.5 Å². The van der Waals surface area contributed by atoms with Gasteiger partial charge in [-0.25, -0.2) is 4.39 Å². The van der Waals surface area contributed by atoms with E-state index >= 15 is 0 Å². The molecule has 0 aliphatic heterocycles. The van der Waals surface area contributed by atoms with E-state index in [9.17, 15) is 14.0 Å². The maximum atomic E-state index is 12.8. The quantitative estimate of drug-likeness (QED) is 0.537. The average Bonchev–Trinajstić information content (AvgIpc) is 3.14. The molecule has 2 amide bonds. The number of anilines is 1. The summed E-state index contributed by atoms with van der Waals surface area (Å²) >= 11 is 0. The minimum absolute atomic E-state index is 0.0609. The zero-order valence-electron chi connectivity index (χ0n) is 14.2. The zero-order valence-corrected chi connectivity index (χ0v) is 14.2. The number of carbonyl (C=O) groups excluding carboxylic acids is 2. The van der Waals surface area contributed by atoms with E-state index in [0.29, 0.717) is 22.9 Å². The SMILES string of the molecule is O=C(NCc1ccc(C=Nc2ccc(F)cc2)o1)C(=O)Nc1ccccc1. The van der Waals surface area contributed by atoms with Crippen molar-refractivity contribution in [2.45, 2.75) is 6.54 Å². The van der Waals surface area contributed by atoms with Gasteiger partial charge in [0.2, 0.25) is 0 Å². The van der Waals surface area contributed by atoms with E-state index in [0.717, 1.165) is 0 Å². The van der Waals surface area contributed by atoms with Crippen LogP contribution in [0.5, 0.6) is 0 Å². The number of amides is 2. The highest BCUT2D eigenvalue weighted by atomic mass is 19.1. The minimum Gasteiger partial charge on any atom is -0.458 e. The number of carbonyl (C=O) groups is 2. The van der Waals surface area contributed by atoms with Gasteiger partial charge in [0.05, 0.1) is 18.4 Å². The lowest BCUT2D eigenvalue weighted by atomic mass is 10.3. The third-order valence-corrected chi connectivity index (χ3v) is 3.51. The van der Waals surface area contributed by atoms with Gasteiger partial charge in [-0.2, -0.15) is 0 Å². The number of hydrogen-bond acceptors (Lipinski definition) is 4. The standard InChI is InChI=1S/C20H16FN3O3/c21-14-6-8-15(9-7-14)22-12-17-10-11-18(27-17)13-23-19(25)20(26)24-16-4-2-1-3-5-16/h1-12H,13H2,(H,23,25)(H,24,26). The first-order valence-corrected chi connectivity index (χ1v) is 8.13. The Morgan fingerprint density at radius 1 is 0.963 bits per heavy atom. The van der Waals surface area contributed by atoms with Crippen molar-refractivity contribution in [3.63, 3.8) is 0 Å². The molecule has 0 saturated heterocycles. The summed E-state index contributed by atoms with van der Waals surface area (Å²) in [6, 6.07) is 17.8. The molecular formula is C20H16FN3O3. The van der Waals surface area contributed by atoms with Crippen molar-refractivity contribution in [3.05, 3.63) is 84.1 Å². The number of benzene rings is 2. The Bertz CT molecular complexity index is 950. The Balaban J connectivity index is 1.51. The molecule has 0 fully saturated rings. The molecule has 0 saturated carbocycles. The summed E-state index contributed by atoms with van der Waals surface area (Å²) in [7, 11) is 0. The number of halogens is 1. The predicted molar refractivity (Wildman–Crippen MR) is 99.3 cm³/mol. The highest BCUT2D eigenvalue weighted by molar-refractivity contribution is 6.39. The highest BCUT2D eigenvalue weighted by Crippen LogP contribution is 2.13. The molecule has 136 valence electrons. The van der Waals surface area contributed by atoms with E-state index in [2.05, 4.69) is 15.6 Å². The van der Waals surface area contributed by atoms with Crippen molar-refractivity contribution < 1.29 is 18.4 Å². The van der Waals surface area contributed by atoms with Crippen molar-refractivity contribution >= 4 is 29.4 Å². The summed E-state index contributed by atoms with van der Waals surface area (Å²) in [5, 5.41) is 4.98. The first-order valence-electron chi connectivity index (χ1n) is 8.13. The van der Waals surface area contributed by atoms with E-state index in [-0.39, 0.29) is 12.4 Å². The summed E-state index contributed by atoms with van der Waals surface area (Å²) in [6.07, 6.45) is 1.49. The van der Waals surface area contributed by atoms with Gasteiger partial charge < -0.3 is 15.1 Å². The Morgan fingerprint density at radius 3 is 2.44 bits per heavy atom. The second kappa shape index (κ2) is 8.57. The fraction of sp³-hybridized carbons (Fsp3) is 0.0500. The molecule has 7 heteroatoms. The number of para-hydroxylation sites is 1. The molecule has 2 N–H and O–H groups in total. The lowest BCUT2D eigenvalue weighted by Gasteiger charge is -2.05. The number of furan rings is 1. The first kappa shape index (κ1) is 18.1. The maximum Gasteiger partial charge on any atom is 0.313 e. The first-order chi connectivity index (χ1) is 13.1. The van der Waals surface area contributed by atoms with Crippen molar-refractivity contribution in [2.24, 2.45) is 4.99 Å². The molecule has 27 heavy (non-hydrogen) atoms. The second-order valence-corrected chi connectivity index (χ2v) is 5.54. The Hall–Kier alpha value is -3.74. The summed E-state index contributed by atoms with van der Waals surface area (Å²) in [4.78, 5) is 27.8. The van der Waals surface area contributed by atoms with Crippen molar-refractivity contribution in [1.29, 1.82) is 0 Å². The van der Waals surface area contributed by atoms with Crippen LogP contribution in [-0.4, -0.2) is 18.0 Å². The fourth-order valence-corrected chi connectivity index (χ4v) is 2.18. The molecule has 0 bridgehead atoms. The molecule has 2 aromatic carbocycles. The monoisotopic (exact) mass is 365 g/mol. The molecule has 6 nitrogen and oxygen atoms in total. The van der Waals surface area contributed by atoms with Crippen LogP contribution in [0, 0.1) is 5.82 Å². The predicted octanol–water partition coefficient (Wildman–Crippen LogP) is 3.42. The van der Waals surface area contributed by atoms with Crippen LogP contribution in [0.25, 0.3) is 0 Å². The topological polar surface area (TPSA) is 83.7 Å². The Labute approximate surface area is 154 Å². The highest BCUT2D eigenvalue weighted by Gasteiger charge is 2.13. The Kier molecular flexibility index (Phi) is 5.73. The van der Waals surface area contributed by atoms with Crippen LogP contribution in [0.2, 0.25) is 0 Å². The normalized spacial score (nSPS) is 10.7. The zero-order chi connectivity index (χ0) is 19.1. The van der Waals surface area contributed by atoms with E-state index in [1.54, 1.807) is 48.5 Å². The number of rotatable bonds is 5. The molecule has 0 spiro atoms. The average molecular weight is 365 g/mol. The van der Waals surface area contributed by atoms with E-state index in [4.69, 9.17) is 4.42 Å². The van der Waals surface area contributed by atoms with Gasteiger partial charge in [0.1, 0.15) is 17.3 Å². The molecule has 0 aliphatic rings. The van der Waals surface area contributed by atoms with E-state index in [1.165, 1.54) is 18.3 Å². The van der Waals surface area contributed by atoms with Crippen LogP contribution in [0.4, 0.5) is 15.8 Å². The smallest absolute Gasteiger partial charge is 0.313 e. The molecule has 0 atom stereocenters.